The van der Waals surface area contributed by atoms with Gasteiger partial charge in [-0.05, 0) is 45.6 Å². The fourth-order valence-corrected chi connectivity index (χ4v) is 3.68. The van der Waals surface area contributed by atoms with Crippen molar-refractivity contribution in [2.45, 2.75) is 64.3 Å². The number of fused-ring (bicyclic) bond motifs is 2. The van der Waals surface area contributed by atoms with Crippen LogP contribution in [-0.4, -0.2) is 34.6 Å². The summed E-state index contributed by atoms with van der Waals surface area (Å²) in [5.74, 6) is -0.445. The van der Waals surface area contributed by atoms with E-state index >= 15 is 0 Å². The van der Waals surface area contributed by atoms with Crippen LogP contribution in [0.2, 0.25) is 0 Å². The Bertz CT molecular complexity index is 608. The third-order valence-electron chi connectivity index (χ3n) is 4.67. The van der Waals surface area contributed by atoms with E-state index in [9.17, 15) is 9.59 Å². The number of esters is 1. The molecule has 130 valence electrons. The van der Waals surface area contributed by atoms with E-state index in [0.717, 1.165) is 18.4 Å². The molecule has 2 saturated heterocycles. The van der Waals surface area contributed by atoms with Crippen LogP contribution in [0.5, 0.6) is 0 Å². The molecule has 2 aliphatic rings. The zero-order chi connectivity index (χ0) is 17.3. The summed E-state index contributed by atoms with van der Waals surface area (Å²) in [5, 5.41) is 0. The molecule has 0 spiro atoms. The highest BCUT2D eigenvalue weighted by Gasteiger charge is 2.52. The Kier molecular flexibility index (Phi) is 4.52. The largest absolute Gasteiger partial charge is 0.461 e. The summed E-state index contributed by atoms with van der Waals surface area (Å²) in [6.07, 6.45) is 2.15. The average molecular weight is 331 g/mol. The molecule has 2 fully saturated rings. The first-order valence-corrected chi connectivity index (χ1v) is 8.57. The predicted molar refractivity (Wildman–Crippen MR) is 89.2 cm³/mol. The minimum atomic E-state index is -0.525. The number of carbonyl (C=O) groups is 2. The summed E-state index contributed by atoms with van der Waals surface area (Å²) < 4.78 is 11.0. The number of hydrogen-bond acceptors (Lipinski definition) is 4. The van der Waals surface area contributed by atoms with Crippen molar-refractivity contribution in [2.24, 2.45) is 5.92 Å². The van der Waals surface area contributed by atoms with Crippen molar-refractivity contribution in [1.82, 2.24) is 4.90 Å². The van der Waals surface area contributed by atoms with E-state index in [-0.39, 0.29) is 36.7 Å². The minimum absolute atomic E-state index is 0.0897. The third-order valence-corrected chi connectivity index (χ3v) is 4.67. The molecule has 3 rings (SSSR count). The Morgan fingerprint density at radius 2 is 1.88 bits per heavy atom. The quantitative estimate of drug-likeness (QED) is 0.795. The van der Waals surface area contributed by atoms with E-state index in [0.29, 0.717) is 6.42 Å². The predicted octanol–water partition coefficient (Wildman–Crippen LogP) is 3.52. The molecule has 0 N–H and O–H groups in total. The molecule has 2 bridgehead atoms. The van der Waals surface area contributed by atoms with Gasteiger partial charge in [-0.3, -0.25) is 4.79 Å². The van der Waals surface area contributed by atoms with E-state index in [2.05, 4.69) is 0 Å². The molecule has 0 saturated carbocycles. The molecule has 0 radical (unpaired) electrons. The van der Waals surface area contributed by atoms with Gasteiger partial charge in [-0.2, -0.15) is 0 Å². The van der Waals surface area contributed by atoms with Gasteiger partial charge in [0.2, 0.25) is 0 Å². The number of nitrogens with zero attached hydrogens (tertiary/aromatic N) is 1. The van der Waals surface area contributed by atoms with Gasteiger partial charge in [0.1, 0.15) is 12.2 Å². The smallest absolute Gasteiger partial charge is 0.410 e. The first-order valence-electron chi connectivity index (χ1n) is 8.57. The molecule has 3 atom stereocenters. The highest BCUT2D eigenvalue weighted by Crippen LogP contribution is 2.43. The highest BCUT2D eigenvalue weighted by atomic mass is 16.6. The standard InChI is InChI=1S/C19H25NO4/c1-19(2,3)24-18(22)20-14-9-10-16(20)15(11-14)17(21)23-12-13-7-5-4-6-8-13/h4-8,14-16H,9-12H2,1-3H3/t14-,15-,16+/m1/s1. The Morgan fingerprint density at radius 3 is 2.54 bits per heavy atom. The number of carbonyl (C=O) groups excluding carboxylic acids is 2. The van der Waals surface area contributed by atoms with Gasteiger partial charge in [-0.15, -0.1) is 0 Å². The Balaban J connectivity index is 1.60. The summed E-state index contributed by atoms with van der Waals surface area (Å²) in [7, 11) is 0. The van der Waals surface area contributed by atoms with Crippen LogP contribution >= 0.6 is 0 Å². The lowest BCUT2D eigenvalue weighted by Gasteiger charge is -2.28. The maximum Gasteiger partial charge on any atom is 0.410 e. The number of ether oxygens (including phenoxy) is 2. The Morgan fingerprint density at radius 1 is 1.17 bits per heavy atom. The highest BCUT2D eigenvalue weighted by molar-refractivity contribution is 5.77. The van der Waals surface area contributed by atoms with Crippen molar-refractivity contribution >= 4 is 12.1 Å². The van der Waals surface area contributed by atoms with Crippen LogP contribution < -0.4 is 0 Å². The summed E-state index contributed by atoms with van der Waals surface area (Å²) in [4.78, 5) is 26.6. The monoisotopic (exact) mass is 331 g/mol. The molecule has 1 aromatic carbocycles. The molecule has 5 heteroatoms. The van der Waals surface area contributed by atoms with Crippen molar-refractivity contribution in [3.63, 3.8) is 0 Å². The summed E-state index contributed by atoms with van der Waals surface area (Å²) >= 11 is 0. The molecule has 0 aromatic heterocycles. The molecular formula is C19H25NO4. The van der Waals surface area contributed by atoms with E-state index < -0.39 is 5.60 Å². The molecule has 2 aliphatic heterocycles. The van der Waals surface area contributed by atoms with Crippen molar-refractivity contribution in [2.75, 3.05) is 0 Å². The Hall–Kier alpha value is -2.04. The second kappa shape index (κ2) is 6.46. The van der Waals surface area contributed by atoms with Gasteiger partial charge in [0.05, 0.1) is 5.92 Å². The molecular weight excluding hydrogens is 306 g/mol. The first-order chi connectivity index (χ1) is 11.3. The van der Waals surface area contributed by atoms with Crippen LogP contribution in [0.25, 0.3) is 0 Å². The van der Waals surface area contributed by atoms with E-state index in [1.54, 1.807) is 4.90 Å². The molecule has 0 unspecified atom stereocenters. The average Bonchev–Trinajstić information content (AvgIpc) is 3.10. The van der Waals surface area contributed by atoms with Crippen molar-refractivity contribution in [3.05, 3.63) is 35.9 Å². The molecule has 2 heterocycles. The second-order valence-electron chi connectivity index (χ2n) is 7.62. The third kappa shape index (κ3) is 3.55. The SMILES string of the molecule is CC(C)(C)OC(=O)N1[C@@H]2CC[C@H]1[C@H](C(=O)OCc1ccccc1)C2. The topological polar surface area (TPSA) is 55.8 Å². The lowest BCUT2D eigenvalue weighted by atomic mass is 9.89. The maximum absolute atomic E-state index is 12.5. The van der Waals surface area contributed by atoms with E-state index in [4.69, 9.17) is 9.47 Å². The van der Waals surface area contributed by atoms with Crippen LogP contribution in [0.4, 0.5) is 4.79 Å². The van der Waals surface area contributed by atoms with Crippen LogP contribution in [0.15, 0.2) is 30.3 Å². The Labute approximate surface area is 142 Å². The summed E-state index contributed by atoms with van der Waals surface area (Å²) in [6.45, 7) is 5.84. The number of amides is 1. The van der Waals surface area contributed by atoms with Gasteiger partial charge in [-0.25, -0.2) is 4.79 Å². The molecule has 5 nitrogen and oxygen atoms in total. The normalized spacial score (nSPS) is 25.6. The fraction of sp³-hybridized carbons (Fsp3) is 0.579. The van der Waals surface area contributed by atoms with Gasteiger partial charge in [0.25, 0.3) is 0 Å². The van der Waals surface area contributed by atoms with Crippen molar-refractivity contribution < 1.29 is 19.1 Å². The van der Waals surface area contributed by atoms with Crippen LogP contribution in [0, 0.1) is 5.92 Å². The van der Waals surface area contributed by atoms with E-state index in [1.807, 2.05) is 51.1 Å². The summed E-state index contributed by atoms with van der Waals surface area (Å²) in [5.41, 5.74) is 0.445. The zero-order valence-corrected chi connectivity index (χ0v) is 14.5. The molecule has 0 aliphatic carbocycles. The van der Waals surface area contributed by atoms with Crippen molar-refractivity contribution in [1.29, 1.82) is 0 Å². The first kappa shape index (κ1) is 16.8. The lowest BCUT2D eigenvalue weighted by Crippen LogP contribution is -2.41. The molecule has 24 heavy (non-hydrogen) atoms. The maximum atomic E-state index is 12.5. The number of hydrogen-bond donors (Lipinski definition) is 0. The van der Waals surface area contributed by atoms with E-state index in [1.165, 1.54) is 0 Å². The lowest BCUT2D eigenvalue weighted by molar-refractivity contribution is -0.150. The second-order valence-corrected chi connectivity index (χ2v) is 7.62. The van der Waals surface area contributed by atoms with Gasteiger partial charge in [-0.1, -0.05) is 30.3 Å². The molecule has 1 amide bonds. The number of rotatable bonds is 3. The zero-order valence-electron chi connectivity index (χ0n) is 14.5. The van der Waals surface area contributed by atoms with Gasteiger partial charge in [0, 0.05) is 12.1 Å². The van der Waals surface area contributed by atoms with Gasteiger partial charge >= 0.3 is 12.1 Å². The minimum Gasteiger partial charge on any atom is -0.461 e. The fourth-order valence-electron chi connectivity index (χ4n) is 3.68. The van der Waals surface area contributed by atoms with Gasteiger partial charge < -0.3 is 14.4 Å². The van der Waals surface area contributed by atoms with Gasteiger partial charge in [0.15, 0.2) is 0 Å². The van der Waals surface area contributed by atoms with Crippen molar-refractivity contribution in [3.8, 4) is 0 Å². The van der Waals surface area contributed by atoms with Crippen LogP contribution in [0.1, 0.15) is 45.6 Å². The van der Waals surface area contributed by atoms with Crippen LogP contribution in [-0.2, 0) is 20.9 Å². The molecule has 1 aromatic rings. The van der Waals surface area contributed by atoms with Crippen LogP contribution in [0.3, 0.4) is 0 Å². The number of benzene rings is 1. The summed E-state index contributed by atoms with van der Waals surface area (Å²) in [6, 6.07) is 9.64.